The maximum absolute atomic E-state index is 15.5. The lowest BCUT2D eigenvalue weighted by Gasteiger charge is -2.44. The third kappa shape index (κ3) is 5.61. The van der Waals surface area contributed by atoms with Gasteiger partial charge in [-0.2, -0.15) is 5.10 Å². The van der Waals surface area contributed by atoms with Crippen LogP contribution in [0.4, 0.5) is 17.6 Å². The van der Waals surface area contributed by atoms with Crippen LogP contribution in [0.25, 0.3) is 17.2 Å². The van der Waals surface area contributed by atoms with Crippen molar-refractivity contribution in [2.24, 2.45) is 0 Å². The number of rotatable bonds is 7. The average Bonchev–Trinajstić information content (AvgIpc) is 3.27. The highest BCUT2D eigenvalue weighted by Gasteiger charge is 2.39. The molecule has 1 N–H and O–H groups in total. The molecule has 0 aliphatic carbocycles. The van der Waals surface area contributed by atoms with E-state index in [1.165, 1.54) is 19.9 Å². The van der Waals surface area contributed by atoms with E-state index in [-0.39, 0.29) is 23.7 Å². The Morgan fingerprint density at radius 3 is 2.41 bits per heavy atom. The number of fused-ring (bicyclic) bond motifs is 1. The molecular weight excluding hydrogens is 486 g/mol. The van der Waals surface area contributed by atoms with Crippen LogP contribution in [0.2, 0.25) is 0 Å². The third-order valence-electron chi connectivity index (χ3n) is 6.56. The van der Waals surface area contributed by atoms with Gasteiger partial charge in [0.05, 0.1) is 12.2 Å². The minimum Gasteiger partial charge on any atom is -0.478 e. The maximum Gasteiger partial charge on any atom is 0.328 e. The molecule has 2 atom stereocenters. The number of aliphatic carboxylic acids is 1. The van der Waals surface area contributed by atoms with Gasteiger partial charge in [-0.1, -0.05) is 0 Å². The predicted octanol–water partition coefficient (Wildman–Crippen LogP) is 6.17. The third-order valence-corrected chi connectivity index (χ3v) is 6.56. The Kier molecular flexibility index (Phi) is 7.28. The number of carboxylic acids is 1. The molecule has 37 heavy (non-hydrogen) atoms. The van der Waals surface area contributed by atoms with Crippen molar-refractivity contribution in [1.29, 1.82) is 0 Å². The van der Waals surface area contributed by atoms with Crippen LogP contribution in [-0.2, 0) is 17.8 Å². The normalized spacial score (nSPS) is 18.4. The van der Waals surface area contributed by atoms with Crippen LogP contribution in [0.5, 0.6) is 0 Å². The highest BCUT2D eigenvalue weighted by atomic mass is 19.1. The van der Waals surface area contributed by atoms with Gasteiger partial charge < -0.3 is 5.11 Å². The van der Waals surface area contributed by atoms with E-state index in [2.05, 4.69) is 5.10 Å². The van der Waals surface area contributed by atoms with Crippen molar-refractivity contribution >= 4 is 12.0 Å². The smallest absolute Gasteiger partial charge is 0.328 e. The Morgan fingerprint density at radius 1 is 1.16 bits per heavy atom. The van der Waals surface area contributed by atoms with Gasteiger partial charge in [-0.05, 0) is 81.1 Å². The van der Waals surface area contributed by atoms with E-state index in [1.54, 1.807) is 28.0 Å². The van der Waals surface area contributed by atoms with Crippen LogP contribution in [0, 0.1) is 17.5 Å². The van der Waals surface area contributed by atoms with Crippen molar-refractivity contribution in [3.05, 3.63) is 82.4 Å². The molecule has 0 saturated heterocycles. The van der Waals surface area contributed by atoms with Crippen LogP contribution in [-0.4, -0.2) is 44.0 Å². The monoisotopic (exact) mass is 515 g/mol. The summed E-state index contributed by atoms with van der Waals surface area (Å²) in [7, 11) is 0. The van der Waals surface area contributed by atoms with Gasteiger partial charge in [0.2, 0.25) is 0 Å². The molecule has 196 valence electrons. The van der Waals surface area contributed by atoms with E-state index >= 15 is 13.2 Å². The lowest BCUT2D eigenvalue weighted by atomic mass is 9.82. The van der Waals surface area contributed by atoms with E-state index in [9.17, 15) is 9.18 Å². The SMILES string of the molecule is CCn1cc(-c2cc3c(cc2F)[C@@H](c2c(F)cc(/C=C/C(=O)O)cc2F)N(CC(C)(C)F)[C@H](C)C3)cn1. The standard InChI is InChI=1S/C28H29F4N3O2/c1-5-34-14-19(13-33-34)20-11-18-8-16(2)35(15-28(3,4)32)27(21(18)12-22(20)29)26-23(30)9-17(10-24(26)31)6-7-25(36)37/h6-7,9-14,16,27H,5,8,15H2,1-4H3,(H,36,37)/b7-6+/t16-,27+/m1/s1. The minimum absolute atomic E-state index is 0.0251. The van der Waals surface area contributed by atoms with Crippen molar-refractivity contribution in [3.8, 4) is 11.1 Å². The molecule has 0 fully saturated rings. The molecule has 0 bridgehead atoms. The highest BCUT2D eigenvalue weighted by molar-refractivity contribution is 5.85. The molecule has 9 heteroatoms. The van der Waals surface area contributed by atoms with Gasteiger partial charge in [-0.3, -0.25) is 9.58 Å². The molecule has 2 heterocycles. The Hall–Kier alpha value is -3.46. The summed E-state index contributed by atoms with van der Waals surface area (Å²) in [5.74, 6) is -3.68. The van der Waals surface area contributed by atoms with Gasteiger partial charge in [-0.15, -0.1) is 0 Å². The number of aryl methyl sites for hydroxylation is 1. The maximum atomic E-state index is 15.5. The Labute approximate surface area is 213 Å². The number of benzene rings is 2. The minimum atomic E-state index is -1.69. The zero-order valence-corrected chi connectivity index (χ0v) is 21.1. The first-order chi connectivity index (χ1) is 17.4. The fourth-order valence-electron chi connectivity index (χ4n) is 4.96. The van der Waals surface area contributed by atoms with Crippen molar-refractivity contribution in [2.75, 3.05) is 6.54 Å². The summed E-state index contributed by atoms with van der Waals surface area (Å²) in [5.41, 5.74) is -0.0105. The van der Waals surface area contributed by atoms with Crippen LogP contribution in [0.1, 0.15) is 56.0 Å². The number of carbonyl (C=O) groups is 1. The molecule has 4 rings (SSSR count). The Balaban J connectivity index is 1.89. The summed E-state index contributed by atoms with van der Waals surface area (Å²) in [6.07, 6.45) is 5.59. The van der Waals surface area contributed by atoms with Crippen molar-refractivity contribution < 1.29 is 27.5 Å². The van der Waals surface area contributed by atoms with E-state index < -0.39 is 35.1 Å². The van der Waals surface area contributed by atoms with Crippen LogP contribution in [0.15, 0.2) is 42.7 Å². The van der Waals surface area contributed by atoms with E-state index in [0.717, 1.165) is 24.3 Å². The predicted molar refractivity (Wildman–Crippen MR) is 133 cm³/mol. The number of aromatic nitrogens is 2. The van der Waals surface area contributed by atoms with E-state index in [0.29, 0.717) is 35.2 Å². The number of hydrogen-bond acceptors (Lipinski definition) is 3. The molecule has 0 saturated carbocycles. The number of nitrogens with zero attached hydrogens (tertiary/aromatic N) is 3. The van der Waals surface area contributed by atoms with Gasteiger partial charge in [-0.25, -0.2) is 22.4 Å². The lowest BCUT2D eigenvalue weighted by Crippen LogP contribution is -2.48. The fourth-order valence-corrected chi connectivity index (χ4v) is 4.96. The summed E-state index contributed by atoms with van der Waals surface area (Å²) in [4.78, 5) is 12.5. The van der Waals surface area contributed by atoms with Gasteiger partial charge in [0.15, 0.2) is 0 Å². The first kappa shape index (κ1) is 26.6. The van der Waals surface area contributed by atoms with Crippen molar-refractivity contribution in [1.82, 2.24) is 14.7 Å². The van der Waals surface area contributed by atoms with Gasteiger partial charge in [0.1, 0.15) is 23.1 Å². The van der Waals surface area contributed by atoms with Gasteiger partial charge >= 0.3 is 5.97 Å². The lowest BCUT2D eigenvalue weighted by molar-refractivity contribution is -0.131. The number of carboxylic acid groups (broad SMARTS) is 1. The zero-order chi connectivity index (χ0) is 27.1. The molecule has 2 aromatic carbocycles. The van der Waals surface area contributed by atoms with E-state index in [4.69, 9.17) is 5.11 Å². The largest absolute Gasteiger partial charge is 0.478 e. The highest BCUT2D eigenvalue weighted by Crippen LogP contribution is 2.43. The fraction of sp³-hybridized carbons (Fsp3) is 0.357. The Morgan fingerprint density at radius 2 is 1.84 bits per heavy atom. The zero-order valence-electron chi connectivity index (χ0n) is 21.1. The molecule has 3 aromatic rings. The average molecular weight is 516 g/mol. The summed E-state index contributed by atoms with van der Waals surface area (Å²) in [6.45, 7) is 7.01. The number of halogens is 4. The molecule has 0 unspecified atom stereocenters. The molecular formula is C28H29F4N3O2. The van der Waals surface area contributed by atoms with Crippen LogP contribution < -0.4 is 0 Å². The second kappa shape index (κ2) is 10.1. The molecule has 5 nitrogen and oxygen atoms in total. The molecule has 1 aromatic heterocycles. The van der Waals surface area contributed by atoms with Crippen molar-refractivity contribution in [3.63, 3.8) is 0 Å². The summed E-state index contributed by atoms with van der Waals surface area (Å²) < 4.78 is 63.0. The first-order valence-electron chi connectivity index (χ1n) is 12.1. The number of hydrogen-bond donors (Lipinski definition) is 1. The van der Waals surface area contributed by atoms with Crippen LogP contribution in [0.3, 0.4) is 0 Å². The summed E-state index contributed by atoms with van der Waals surface area (Å²) in [5, 5.41) is 13.1. The van der Waals surface area contributed by atoms with Crippen LogP contribution >= 0.6 is 0 Å². The van der Waals surface area contributed by atoms with Gasteiger partial charge in [0.25, 0.3) is 0 Å². The molecule has 1 aliphatic rings. The molecule has 0 spiro atoms. The first-order valence-corrected chi connectivity index (χ1v) is 12.1. The quantitative estimate of drug-likeness (QED) is 0.302. The molecule has 0 radical (unpaired) electrons. The second-order valence-corrected chi connectivity index (χ2v) is 10.0. The number of alkyl halides is 1. The van der Waals surface area contributed by atoms with Crippen molar-refractivity contribution in [2.45, 2.75) is 58.4 Å². The second-order valence-electron chi connectivity index (χ2n) is 10.0. The molecule has 0 amide bonds. The van der Waals surface area contributed by atoms with Gasteiger partial charge in [0, 0.05) is 48.1 Å². The Bertz CT molecular complexity index is 1340. The summed E-state index contributed by atoms with van der Waals surface area (Å²) >= 11 is 0. The topological polar surface area (TPSA) is 58.4 Å². The van der Waals surface area contributed by atoms with E-state index in [1.807, 2.05) is 13.8 Å². The summed E-state index contributed by atoms with van der Waals surface area (Å²) in [6, 6.07) is 3.62. The molecule has 1 aliphatic heterocycles.